The van der Waals surface area contributed by atoms with Crippen LogP contribution in [0.4, 0.5) is 0 Å². The molecule has 12 rings (SSSR count). The predicted octanol–water partition coefficient (Wildman–Crippen LogP) is 11.6. The van der Waals surface area contributed by atoms with Crippen molar-refractivity contribution in [3.8, 4) is 125 Å². The second kappa shape index (κ2) is 19.3. The van der Waals surface area contributed by atoms with Crippen LogP contribution in [0.2, 0.25) is 0 Å². The molecule has 0 atom stereocenters. The van der Waals surface area contributed by atoms with E-state index in [1.165, 1.54) is 0 Å². The summed E-state index contributed by atoms with van der Waals surface area (Å²) in [5, 5.41) is 0. The van der Waals surface area contributed by atoms with E-state index in [4.69, 9.17) is 49.8 Å². The van der Waals surface area contributed by atoms with Gasteiger partial charge < -0.3 is 0 Å². The maximum Gasteiger partial charge on any atom is 0.165 e. The van der Waals surface area contributed by atoms with Gasteiger partial charge in [-0.1, -0.05) is 72.8 Å². The van der Waals surface area contributed by atoms with E-state index in [9.17, 15) is 0 Å². The van der Waals surface area contributed by atoms with E-state index >= 15 is 0 Å². The Kier molecular flexibility index (Phi) is 11.5. The summed E-state index contributed by atoms with van der Waals surface area (Å²) < 4.78 is 0. The zero-order valence-electron chi connectivity index (χ0n) is 38.0. The van der Waals surface area contributed by atoms with E-state index in [0.717, 1.165) is 90.1 Å². The molecule has 2 aromatic carbocycles. The van der Waals surface area contributed by atoms with Crippen molar-refractivity contribution in [1.82, 2.24) is 69.8 Å². The molecule has 338 valence electrons. The molecule has 0 unspecified atom stereocenters. The lowest BCUT2D eigenvalue weighted by atomic mass is 10.0. The van der Waals surface area contributed by atoms with Crippen molar-refractivity contribution in [1.29, 1.82) is 0 Å². The maximum absolute atomic E-state index is 4.97. The summed E-state index contributed by atoms with van der Waals surface area (Å²) in [7, 11) is 0. The standard InChI is InChI=1S/C58H36N14/c1-5-29-59-45(9-1)49-25-21-41(33-63-49)55-67-53(68-56(71-55)42-22-26-50(64-34-42)46-10-2-6-30-60-46)39-17-13-37(14-18-39)38-15-19-40(20-16-38)54-69-57(43-23-27-51(65-35-43)47-11-3-7-31-61-47)72-58(70-54)44-24-28-52(66-36-44)48-12-4-8-32-62-48/h1-36H. The van der Waals surface area contributed by atoms with E-state index < -0.39 is 0 Å². The van der Waals surface area contributed by atoms with Crippen LogP contribution in [0.15, 0.2) is 219 Å². The number of nitrogens with zero attached hydrogens (tertiary/aromatic N) is 14. The van der Waals surface area contributed by atoms with Crippen molar-refractivity contribution in [3.63, 3.8) is 0 Å². The first-order chi connectivity index (χ1) is 35.6. The Morgan fingerprint density at radius 1 is 0.167 bits per heavy atom. The largest absolute Gasteiger partial charge is 0.255 e. The zero-order chi connectivity index (χ0) is 48.1. The van der Waals surface area contributed by atoms with Crippen LogP contribution in [0.25, 0.3) is 125 Å². The summed E-state index contributed by atoms with van der Waals surface area (Å²) >= 11 is 0. The maximum atomic E-state index is 4.97. The summed E-state index contributed by atoms with van der Waals surface area (Å²) in [6.45, 7) is 0. The lowest BCUT2D eigenvalue weighted by Crippen LogP contribution is -2.01. The average molecular weight is 929 g/mol. The smallest absolute Gasteiger partial charge is 0.165 e. The highest BCUT2D eigenvalue weighted by atomic mass is 15.0. The fourth-order valence-corrected chi connectivity index (χ4v) is 7.92. The van der Waals surface area contributed by atoms with Gasteiger partial charge in [0.15, 0.2) is 34.9 Å². The van der Waals surface area contributed by atoms with Crippen LogP contribution in [0.5, 0.6) is 0 Å². The first-order valence-electron chi connectivity index (χ1n) is 22.9. The predicted molar refractivity (Wildman–Crippen MR) is 275 cm³/mol. The molecular weight excluding hydrogens is 893 g/mol. The van der Waals surface area contributed by atoms with E-state index in [-0.39, 0.29) is 0 Å². The van der Waals surface area contributed by atoms with Crippen molar-refractivity contribution in [2.75, 3.05) is 0 Å². The highest BCUT2D eigenvalue weighted by Crippen LogP contribution is 2.31. The second-order valence-corrected chi connectivity index (χ2v) is 16.4. The van der Waals surface area contributed by atoms with Gasteiger partial charge in [-0.25, -0.2) is 29.9 Å². The quantitative estimate of drug-likeness (QED) is 0.119. The molecule has 0 radical (unpaired) electrons. The Bertz CT molecular complexity index is 3320. The molecule has 0 spiro atoms. The normalized spacial score (nSPS) is 11.1. The number of pyridine rings is 8. The number of hydrogen-bond donors (Lipinski definition) is 0. The van der Waals surface area contributed by atoms with Gasteiger partial charge >= 0.3 is 0 Å². The fourth-order valence-electron chi connectivity index (χ4n) is 7.92. The first-order valence-corrected chi connectivity index (χ1v) is 22.9. The molecule has 0 saturated heterocycles. The summed E-state index contributed by atoms with van der Waals surface area (Å²) in [5.74, 6) is 2.91. The molecule has 72 heavy (non-hydrogen) atoms. The molecule has 10 aromatic heterocycles. The van der Waals surface area contributed by atoms with Crippen LogP contribution in [0.3, 0.4) is 0 Å². The molecule has 14 nitrogen and oxygen atoms in total. The van der Waals surface area contributed by atoms with Gasteiger partial charge in [-0.2, -0.15) is 0 Å². The SMILES string of the molecule is c1ccc(-c2ccc(-c3nc(-c4ccc(-c5ccc(-c6nc(-c7ccc(-c8ccccn8)nc7)nc(-c7ccc(-c8ccccn8)nc7)n6)cc5)cc4)nc(-c4ccc(-c5ccccn5)nc4)n3)cn2)nc1. The second-order valence-electron chi connectivity index (χ2n) is 16.4. The van der Waals surface area contributed by atoms with Gasteiger partial charge in [-0.3, -0.25) is 39.9 Å². The summed E-state index contributed by atoms with van der Waals surface area (Å²) in [6.07, 6.45) is 14.0. The van der Waals surface area contributed by atoms with Gasteiger partial charge in [-0.15, -0.1) is 0 Å². The van der Waals surface area contributed by atoms with Crippen LogP contribution >= 0.6 is 0 Å². The molecule has 0 aliphatic carbocycles. The van der Waals surface area contributed by atoms with Gasteiger partial charge in [0, 0.05) is 83.0 Å². The van der Waals surface area contributed by atoms with E-state index in [2.05, 4.69) is 44.2 Å². The highest BCUT2D eigenvalue weighted by Gasteiger charge is 2.17. The molecule has 10 heterocycles. The van der Waals surface area contributed by atoms with Gasteiger partial charge in [0.1, 0.15) is 0 Å². The summed E-state index contributed by atoms with van der Waals surface area (Å²) in [5.41, 5.74) is 12.6. The van der Waals surface area contributed by atoms with Crippen molar-refractivity contribution in [3.05, 3.63) is 219 Å². The number of hydrogen-bond acceptors (Lipinski definition) is 14. The number of rotatable bonds is 11. The molecule has 0 N–H and O–H groups in total. The minimum Gasteiger partial charge on any atom is -0.255 e. The van der Waals surface area contributed by atoms with Crippen molar-refractivity contribution >= 4 is 0 Å². The van der Waals surface area contributed by atoms with Gasteiger partial charge in [-0.05, 0) is 108 Å². The van der Waals surface area contributed by atoms with Crippen LogP contribution in [-0.4, -0.2) is 69.8 Å². The molecule has 0 bridgehead atoms. The number of benzene rings is 2. The van der Waals surface area contributed by atoms with E-state index in [1.54, 1.807) is 49.6 Å². The first kappa shape index (κ1) is 43.0. The summed E-state index contributed by atoms with van der Waals surface area (Å²) in [6, 6.07) is 54.7. The van der Waals surface area contributed by atoms with Crippen LogP contribution < -0.4 is 0 Å². The van der Waals surface area contributed by atoms with Gasteiger partial charge in [0.25, 0.3) is 0 Å². The van der Waals surface area contributed by atoms with Crippen LogP contribution in [0.1, 0.15) is 0 Å². The highest BCUT2D eigenvalue weighted by molar-refractivity contribution is 5.74. The monoisotopic (exact) mass is 928 g/mol. The number of aromatic nitrogens is 14. The Morgan fingerprint density at radius 2 is 0.375 bits per heavy atom. The third kappa shape index (κ3) is 9.17. The van der Waals surface area contributed by atoms with Crippen molar-refractivity contribution in [2.45, 2.75) is 0 Å². The molecule has 0 aliphatic heterocycles. The van der Waals surface area contributed by atoms with E-state index in [0.29, 0.717) is 34.9 Å². The Labute approximate surface area is 412 Å². The third-order valence-electron chi connectivity index (χ3n) is 11.7. The van der Waals surface area contributed by atoms with Crippen LogP contribution in [-0.2, 0) is 0 Å². The Hall–Kier alpha value is -10.3. The molecule has 14 heteroatoms. The fraction of sp³-hybridized carbons (Fsp3) is 0. The van der Waals surface area contributed by atoms with Crippen molar-refractivity contribution < 1.29 is 0 Å². The third-order valence-corrected chi connectivity index (χ3v) is 11.7. The molecule has 0 saturated carbocycles. The lowest BCUT2D eigenvalue weighted by Gasteiger charge is -2.10. The Balaban J connectivity index is 0.854. The topological polar surface area (TPSA) is 180 Å². The zero-order valence-corrected chi connectivity index (χ0v) is 38.0. The van der Waals surface area contributed by atoms with Crippen LogP contribution in [0, 0.1) is 0 Å². The van der Waals surface area contributed by atoms with E-state index in [1.807, 2.05) is 146 Å². The molecule has 12 aromatic rings. The molecular formula is C58H36N14. The minimum atomic E-state index is 0.476. The molecule has 0 aliphatic rings. The van der Waals surface area contributed by atoms with Crippen molar-refractivity contribution in [2.24, 2.45) is 0 Å². The summed E-state index contributed by atoms with van der Waals surface area (Å²) in [4.78, 5) is 66.3. The lowest BCUT2D eigenvalue weighted by molar-refractivity contribution is 1.07. The molecule has 0 amide bonds. The average Bonchev–Trinajstić information content (AvgIpc) is 3.48. The minimum absolute atomic E-state index is 0.476. The van der Waals surface area contributed by atoms with Gasteiger partial charge in [0.2, 0.25) is 0 Å². The Morgan fingerprint density at radius 3 is 0.583 bits per heavy atom. The molecule has 0 fully saturated rings. The van der Waals surface area contributed by atoms with Gasteiger partial charge in [0.05, 0.1) is 45.6 Å².